The maximum absolute atomic E-state index is 11.3. The zero-order chi connectivity index (χ0) is 18.5. The molecule has 7 heteroatoms. The summed E-state index contributed by atoms with van der Waals surface area (Å²) in [6.45, 7) is 0.632. The molecule has 0 atom stereocenters. The van der Waals surface area contributed by atoms with Crippen molar-refractivity contribution in [1.82, 2.24) is 10.6 Å². The van der Waals surface area contributed by atoms with Crippen molar-refractivity contribution in [2.45, 2.75) is 32.1 Å². The smallest absolute Gasteiger partial charge is 0.329 e. The van der Waals surface area contributed by atoms with Gasteiger partial charge < -0.3 is 20.5 Å². The largest absolute Gasteiger partial charge is 0.480 e. The highest BCUT2D eigenvalue weighted by Crippen LogP contribution is 2.14. The molecular formula is C18H26N2O5. The average molecular weight is 350 g/mol. The molecule has 3 N–H and O–H groups in total. The molecule has 0 aromatic heterocycles. The van der Waals surface area contributed by atoms with Crippen LogP contribution in [0.25, 0.3) is 0 Å². The molecule has 0 saturated carbocycles. The van der Waals surface area contributed by atoms with Crippen molar-refractivity contribution in [3.8, 4) is 0 Å². The molecule has 2 amide bonds. The van der Waals surface area contributed by atoms with E-state index < -0.39 is 17.8 Å². The third-order valence-electron chi connectivity index (χ3n) is 3.67. The number of rotatable bonds is 11. The second-order valence-corrected chi connectivity index (χ2v) is 5.61. The maximum atomic E-state index is 11.3. The van der Waals surface area contributed by atoms with Gasteiger partial charge in [0.2, 0.25) is 0 Å². The van der Waals surface area contributed by atoms with Crippen molar-refractivity contribution in [3.05, 3.63) is 35.4 Å². The van der Waals surface area contributed by atoms with Gasteiger partial charge in [0.05, 0.1) is 0 Å². The molecule has 7 nitrogen and oxygen atoms in total. The maximum Gasteiger partial charge on any atom is 0.329 e. The van der Waals surface area contributed by atoms with E-state index in [-0.39, 0.29) is 6.61 Å². The van der Waals surface area contributed by atoms with Crippen LogP contribution in [-0.2, 0) is 32.0 Å². The molecule has 0 saturated heterocycles. The molecule has 0 bridgehead atoms. The van der Waals surface area contributed by atoms with Crippen LogP contribution in [-0.4, -0.2) is 49.7 Å². The van der Waals surface area contributed by atoms with E-state index in [0.29, 0.717) is 13.2 Å². The van der Waals surface area contributed by atoms with Crippen LogP contribution in [0.5, 0.6) is 0 Å². The number of aliphatic carboxylic acids is 1. The number of amides is 2. The van der Waals surface area contributed by atoms with E-state index in [1.165, 1.54) is 18.2 Å². The lowest BCUT2D eigenvalue weighted by molar-refractivity contribution is -0.142. The van der Waals surface area contributed by atoms with Crippen LogP contribution in [0.3, 0.4) is 0 Å². The normalized spacial score (nSPS) is 10.3. The predicted octanol–water partition coefficient (Wildman–Crippen LogP) is 0.905. The van der Waals surface area contributed by atoms with Crippen molar-refractivity contribution in [2.75, 3.05) is 26.8 Å². The van der Waals surface area contributed by atoms with Crippen molar-refractivity contribution in [2.24, 2.45) is 0 Å². The molecule has 0 heterocycles. The number of likely N-dealkylation sites (N-methyl/N-ethyl adjacent to an activating group) is 1. The molecular weight excluding hydrogens is 324 g/mol. The van der Waals surface area contributed by atoms with Crippen LogP contribution in [0, 0.1) is 0 Å². The minimum absolute atomic E-state index is 0.260. The van der Waals surface area contributed by atoms with E-state index in [9.17, 15) is 14.4 Å². The molecule has 1 aromatic rings. The molecule has 0 aliphatic rings. The van der Waals surface area contributed by atoms with Crippen LogP contribution in [0.15, 0.2) is 24.3 Å². The second kappa shape index (κ2) is 12.0. The number of hydrogen-bond donors (Lipinski definition) is 3. The summed E-state index contributed by atoms with van der Waals surface area (Å²) in [5.41, 5.74) is 2.48. The summed E-state index contributed by atoms with van der Waals surface area (Å²) in [5.74, 6) is -2.19. The zero-order valence-electron chi connectivity index (χ0n) is 14.5. The Bertz CT molecular complexity index is 574. The summed E-state index contributed by atoms with van der Waals surface area (Å²) >= 11 is 0. The first kappa shape index (κ1) is 20.6. The fourth-order valence-electron chi connectivity index (χ4n) is 2.41. The molecule has 0 spiro atoms. The molecule has 0 aliphatic heterocycles. The van der Waals surface area contributed by atoms with E-state index in [0.717, 1.165) is 32.1 Å². The number of carboxylic acids is 1. The van der Waals surface area contributed by atoms with Gasteiger partial charge in [-0.1, -0.05) is 24.3 Å². The lowest BCUT2D eigenvalue weighted by Gasteiger charge is -2.10. The Morgan fingerprint density at radius 2 is 1.64 bits per heavy atom. The number of hydrogen-bond acceptors (Lipinski definition) is 4. The molecule has 0 unspecified atom stereocenters. The van der Waals surface area contributed by atoms with Crippen LogP contribution >= 0.6 is 0 Å². The van der Waals surface area contributed by atoms with E-state index in [1.54, 1.807) is 0 Å². The second-order valence-electron chi connectivity index (χ2n) is 5.61. The Hall–Kier alpha value is -2.41. The Balaban J connectivity index is 2.28. The molecule has 0 fully saturated rings. The van der Waals surface area contributed by atoms with Crippen LogP contribution in [0.1, 0.15) is 30.4 Å². The number of carboxylic acid groups (broad SMARTS) is 1. The van der Waals surface area contributed by atoms with Gasteiger partial charge in [-0.2, -0.15) is 0 Å². The predicted molar refractivity (Wildman–Crippen MR) is 93.2 cm³/mol. The highest BCUT2D eigenvalue weighted by molar-refractivity contribution is 6.34. The number of benzene rings is 1. The Morgan fingerprint density at radius 1 is 1.00 bits per heavy atom. The first-order valence-electron chi connectivity index (χ1n) is 8.40. The Kier molecular flexibility index (Phi) is 9.92. The standard InChI is InChI=1S/C18H26N2O5/c1-19-17(23)18(24)20-11-5-4-9-14-7-2-3-8-15(14)10-6-12-25-13-16(21)22/h2-3,7-8H,4-6,9-13H2,1H3,(H,19,23)(H,20,24)(H,21,22). The molecule has 0 radical (unpaired) electrons. The fraction of sp³-hybridized carbons (Fsp3) is 0.500. The quantitative estimate of drug-likeness (QED) is 0.406. The number of nitrogens with one attached hydrogen (secondary N) is 2. The minimum atomic E-state index is -0.955. The zero-order valence-corrected chi connectivity index (χ0v) is 14.5. The van der Waals surface area contributed by atoms with E-state index >= 15 is 0 Å². The molecule has 25 heavy (non-hydrogen) atoms. The van der Waals surface area contributed by atoms with Gasteiger partial charge >= 0.3 is 17.8 Å². The van der Waals surface area contributed by atoms with Gasteiger partial charge in [0.15, 0.2) is 0 Å². The Morgan fingerprint density at radius 3 is 2.24 bits per heavy atom. The molecule has 138 valence electrons. The highest BCUT2D eigenvalue weighted by Gasteiger charge is 2.09. The monoisotopic (exact) mass is 350 g/mol. The van der Waals surface area contributed by atoms with Crippen molar-refractivity contribution in [1.29, 1.82) is 0 Å². The molecule has 1 rings (SSSR count). The first-order valence-corrected chi connectivity index (χ1v) is 8.40. The van der Waals surface area contributed by atoms with Crippen LogP contribution < -0.4 is 10.6 Å². The van der Waals surface area contributed by atoms with Crippen LogP contribution in [0.2, 0.25) is 0 Å². The number of ether oxygens (including phenoxy) is 1. The summed E-state index contributed by atoms with van der Waals surface area (Å²) in [5, 5.41) is 13.4. The number of carbonyl (C=O) groups is 3. The molecule has 1 aromatic carbocycles. The summed E-state index contributed by atoms with van der Waals surface area (Å²) in [4.78, 5) is 32.7. The number of carbonyl (C=O) groups excluding carboxylic acids is 2. The lowest BCUT2D eigenvalue weighted by Crippen LogP contribution is -2.38. The highest BCUT2D eigenvalue weighted by atomic mass is 16.5. The number of aryl methyl sites for hydroxylation is 2. The third-order valence-corrected chi connectivity index (χ3v) is 3.67. The van der Waals surface area contributed by atoms with E-state index in [1.807, 2.05) is 12.1 Å². The summed E-state index contributed by atoms with van der Waals surface area (Å²) in [7, 11) is 1.42. The SMILES string of the molecule is CNC(=O)C(=O)NCCCCc1ccccc1CCCOCC(=O)O. The van der Waals surface area contributed by atoms with Gasteiger partial charge in [-0.05, 0) is 43.2 Å². The van der Waals surface area contributed by atoms with Gasteiger partial charge in [0.1, 0.15) is 6.61 Å². The van der Waals surface area contributed by atoms with E-state index in [2.05, 4.69) is 22.8 Å². The fourth-order valence-corrected chi connectivity index (χ4v) is 2.41. The average Bonchev–Trinajstić information content (AvgIpc) is 2.61. The minimum Gasteiger partial charge on any atom is -0.480 e. The van der Waals surface area contributed by atoms with Gasteiger partial charge in [0.25, 0.3) is 0 Å². The van der Waals surface area contributed by atoms with Gasteiger partial charge in [-0.15, -0.1) is 0 Å². The molecule has 0 aliphatic carbocycles. The van der Waals surface area contributed by atoms with Crippen molar-refractivity contribution in [3.63, 3.8) is 0 Å². The summed E-state index contributed by atoms with van der Waals surface area (Å²) in [6, 6.07) is 8.13. The first-order chi connectivity index (χ1) is 12.0. The topological polar surface area (TPSA) is 105 Å². The third kappa shape index (κ3) is 8.85. The van der Waals surface area contributed by atoms with E-state index in [4.69, 9.17) is 9.84 Å². The van der Waals surface area contributed by atoms with Gasteiger partial charge in [0, 0.05) is 20.2 Å². The Labute approximate surface area is 147 Å². The van der Waals surface area contributed by atoms with Crippen molar-refractivity contribution < 1.29 is 24.2 Å². The van der Waals surface area contributed by atoms with Crippen LogP contribution in [0.4, 0.5) is 0 Å². The summed E-state index contributed by atoms with van der Waals surface area (Å²) in [6.07, 6.45) is 4.19. The van der Waals surface area contributed by atoms with Gasteiger partial charge in [-0.3, -0.25) is 9.59 Å². The number of unbranched alkanes of at least 4 members (excludes halogenated alkanes) is 1. The summed E-state index contributed by atoms with van der Waals surface area (Å²) < 4.78 is 5.05. The van der Waals surface area contributed by atoms with Crippen molar-refractivity contribution >= 4 is 17.8 Å². The lowest BCUT2D eigenvalue weighted by atomic mass is 9.98. The van der Waals surface area contributed by atoms with Gasteiger partial charge in [-0.25, -0.2) is 4.79 Å².